The highest BCUT2D eigenvalue weighted by atomic mass is 32.1. The van der Waals surface area contributed by atoms with Crippen molar-refractivity contribution in [3.63, 3.8) is 0 Å². The monoisotopic (exact) mass is 292 g/mol. The molecule has 0 bridgehead atoms. The van der Waals surface area contributed by atoms with Gasteiger partial charge in [0.1, 0.15) is 5.00 Å². The molecule has 1 unspecified atom stereocenters. The first-order valence-corrected chi connectivity index (χ1v) is 7.58. The van der Waals surface area contributed by atoms with Gasteiger partial charge in [-0.25, -0.2) is 0 Å². The number of fused-ring (bicyclic) bond motifs is 1. The molecule has 3 N–H and O–H groups in total. The van der Waals surface area contributed by atoms with E-state index in [9.17, 15) is 14.4 Å². The van der Waals surface area contributed by atoms with Crippen molar-refractivity contribution in [1.82, 2.24) is 0 Å². The first-order valence-electron chi connectivity index (χ1n) is 6.77. The minimum absolute atomic E-state index is 0.0456. The minimum Gasteiger partial charge on any atom is -0.365 e. The molecule has 1 aromatic heterocycles. The van der Waals surface area contributed by atoms with Gasteiger partial charge in [-0.3, -0.25) is 14.4 Å². The van der Waals surface area contributed by atoms with Crippen LogP contribution in [0, 0.1) is 11.8 Å². The van der Waals surface area contributed by atoms with Crippen LogP contribution < -0.4 is 11.1 Å². The van der Waals surface area contributed by atoms with Crippen molar-refractivity contribution in [2.24, 2.45) is 17.6 Å². The van der Waals surface area contributed by atoms with Gasteiger partial charge in [0.25, 0.3) is 5.91 Å². The Hall–Kier alpha value is -1.69. The van der Waals surface area contributed by atoms with Crippen LogP contribution in [0.5, 0.6) is 0 Å². The van der Waals surface area contributed by atoms with Crippen molar-refractivity contribution >= 4 is 33.9 Å². The minimum atomic E-state index is -0.642. The number of nitrogens with one attached hydrogen (secondary N) is 1. The van der Waals surface area contributed by atoms with Crippen LogP contribution in [-0.2, 0) is 11.2 Å². The molecule has 1 aromatic rings. The quantitative estimate of drug-likeness (QED) is 0.892. The van der Waals surface area contributed by atoms with Gasteiger partial charge >= 0.3 is 0 Å². The Morgan fingerprint density at radius 3 is 2.60 bits per heavy atom. The second-order valence-corrected chi connectivity index (χ2v) is 6.77. The van der Waals surface area contributed by atoms with Crippen LogP contribution >= 0.6 is 11.3 Å². The van der Waals surface area contributed by atoms with Gasteiger partial charge in [-0.15, -0.1) is 11.3 Å². The molecule has 106 valence electrons. The molecule has 0 aromatic carbocycles. The van der Waals surface area contributed by atoms with Crippen LogP contribution in [-0.4, -0.2) is 17.6 Å². The third kappa shape index (κ3) is 2.24. The van der Waals surface area contributed by atoms with Crippen LogP contribution in [0.1, 0.15) is 51.8 Å². The number of carbonyl (C=O) groups excluding carboxylic acids is 3. The molecule has 2 amide bonds. The second-order valence-electron chi connectivity index (χ2n) is 5.67. The number of primary amides is 1. The molecule has 0 spiro atoms. The maximum absolute atomic E-state index is 12.2. The summed E-state index contributed by atoms with van der Waals surface area (Å²) in [6.45, 7) is 2.01. The number of carbonyl (C=O) groups is 3. The molecule has 5 nitrogen and oxygen atoms in total. The fourth-order valence-corrected chi connectivity index (χ4v) is 4.00. The molecule has 1 atom stereocenters. The summed E-state index contributed by atoms with van der Waals surface area (Å²) in [4.78, 5) is 36.6. The maximum Gasteiger partial charge on any atom is 0.252 e. The second kappa shape index (κ2) is 4.70. The fraction of sp³-hybridized carbons (Fsp3) is 0.500. The molecule has 1 heterocycles. The fourth-order valence-electron chi connectivity index (χ4n) is 2.61. The number of thiophene rings is 1. The molecule has 6 heteroatoms. The van der Waals surface area contributed by atoms with E-state index in [4.69, 9.17) is 5.73 Å². The molecular weight excluding hydrogens is 276 g/mol. The van der Waals surface area contributed by atoms with Crippen molar-refractivity contribution in [3.8, 4) is 0 Å². The van der Waals surface area contributed by atoms with Crippen LogP contribution in [0.2, 0.25) is 0 Å². The van der Waals surface area contributed by atoms with E-state index in [0.717, 1.165) is 24.1 Å². The highest BCUT2D eigenvalue weighted by Crippen LogP contribution is 2.40. The van der Waals surface area contributed by atoms with Crippen molar-refractivity contribution < 1.29 is 14.4 Å². The van der Waals surface area contributed by atoms with Crippen LogP contribution in [0.15, 0.2) is 0 Å². The molecule has 2 aliphatic rings. The Balaban J connectivity index is 2.01. The predicted molar refractivity (Wildman–Crippen MR) is 76.0 cm³/mol. The Labute approximate surface area is 120 Å². The standard InChI is InChI=1S/C14H16N2O3S/c1-6-4-8(17)10-9(5-6)20-14(11(10)12(15)18)16-13(19)7-2-3-7/h6-7H,2-5H2,1H3,(H2,15,18)(H,16,19). The zero-order valence-corrected chi connectivity index (χ0v) is 12.0. The van der Waals surface area contributed by atoms with Gasteiger partial charge in [0.05, 0.1) is 5.56 Å². The first kappa shape index (κ1) is 13.3. The lowest BCUT2D eigenvalue weighted by Crippen LogP contribution is -2.22. The number of hydrogen-bond donors (Lipinski definition) is 2. The smallest absolute Gasteiger partial charge is 0.252 e. The number of ketones is 1. The number of nitrogens with two attached hydrogens (primary N) is 1. The van der Waals surface area contributed by atoms with Gasteiger partial charge in [-0.2, -0.15) is 0 Å². The number of Topliss-reactive ketones (excluding diaryl/α,β-unsaturated/α-hetero) is 1. The van der Waals surface area contributed by atoms with E-state index in [1.54, 1.807) is 0 Å². The number of anilines is 1. The maximum atomic E-state index is 12.2. The summed E-state index contributed by atoms with van der Waals surface area (Å²) < 4.78 is 0. The SMILES string of the molecule is CC1CC(=O)c2c(sc(NC(=O)C3CC3)c2C(N)=O)C1. The van der Waals surface area contributed by atoms with Gasteiger partial charge in [0.2, 0.25) is 5.91 Å². The van der Waals surface area contributed by atoms with Crippen molar-refractivity contribution in [1.29, 1.82) is 0 Å². The Bertz CT molecular complexity index is 616. The number of hydrogen-bond acceptors (Lipinski definition) is 4. The zero-order chi connectivity index (χ0) is 14.4. The summed E-state index contributed by atoms with van der Waals surface area (Å²) >= 11 is 1.32. The van der Waals surface area contributed by atoms with Crippen LogP contribution in [0.3, 0.4) is 0 Å². The third-order valence-corrected chi connectivity index (χ3v) is 4.89. The summed E-state index contributed by atoms with van der Waals surface area (Å²) in [5.41, 5.74) is 6.05. The average Bonchev–Trinajstić information content (AvgIpc) is 3.11. The van der Waals surface area contributed by atoms with Gasteiger partial charge < -0.3 is 11.1 Å². The van der Waals surface area contributed by atoms with E-state index in [1.165, 1.54) is 11.3 Å². The van der Waals surface area contributed by atoms with Crippen LogP contribution in [0.4, 0.5) is 5.00 Å². The number of rotatable bonds is 3. The van der Waals surface area contributed by atoms with Crippen molar-refractivity contribution in [3.05, 3.63) is 16.0 Å². The molecule has 1 fully saturated rings. The molecule has 20 heavy (non-hydrogen) atoms. The Morgan fingerprint density at radius 2 is 2.00 bits per heavy atom. The lowest BCUT2D eigenvalue weighted by Gasteiger charge is -2.17. The Kier molecular flexibility index (Phi) is 3.12. The van der Waals surface area contributed by atoms with Gasteiger partial charge in [-0.05, 0) is 25.2 Å². The molecular formula is C14H16N2O3S. The van der Waals surface area contributed by atoms with E-state index >= 15 is 0 Å². The summed E-state index contributed by atoms with van der Waals surface area (Å²) in [5, 5.41) is 3.22. The molecule has 1 saturated carbocycles. The molecule has 0 aliphatic heterocycles. The average molecular weight is 292 g/mol. The normalized spacial score (nSPS) is 21.4. The topological polar surface area (TPSA) is 89.3 Å². The largest absolute Gasteiger partial charge is 0.365 e. The van der Waals surface area contributed by atoms with Crippen molar-refractivity contribution in [2.75, 3.05) is 5.32 Å². The highest BCUT2D eigenvalue weighted by molar-refractivity contribution is 7.17. The van der Waals surface area contributed by atoms with E-state index in [2.05, 4.69) is 5.32 Å². The summed E-state index contributed by atoms with van der Waals surface area (Å²) in [5.74, 6) is -0.454. The Morgan fingerprint density at radius 1 is 1.30 bits per heavy atom. The van der Waals surface area contributed by atoms with Gasteiger partial charge in [0, 0.05) is 22.8 Å². The van der Waals surface area contributed by atoms with E-state index < -0.39 is 5.91 Å². The molecule has 0 saturated heterocycles. The molecule has 0 radical (unpaired) electrons. The van der Waals surface area contributed by atoms with E-state index in [-0.39, 0.29) is 29.1 Å². The first-order chi connectivity index (χ1) is 9.47. The summed E-state index contributed by atoms with van der Waals surface area (Å²) in [7, 11) is 0. The number of amides is 2. The lowest BCUT2D eigenvalue weighted by atomic mass is 9.87. The summed E-state index contributed by atoms with van der Waals surface area (Å²) in [6, 6.07) is 0. The van der Waals surface area contributed by atoms with Crippen molar-refractivity contribution in [2.45, 2.75) is 32.6 Å². The predicted octanol–water partition coefficient (Wildman–Crippen LogP) is 1.96. The molecule has 2 aliphatic carbocycles. The molecule has 3 rings (SSSR count). The van der Waals surface area contributed by atoms with E-state index in [0.29, 0.717) is 17.0 Å². The van der Waals surface area contributed by atoms with Crippen LogP contribution in [0.25, 0.3) is 0 Å². The zero-order valence-electron chi connectivity index (χ0n) is 11.2. The summed E-state index contributed by atoms with van der Waals surface area (Å²) in [6.07, 6.45) is 2.96. The lowest BCUT2D eigenvalue weighted by molar-refractivity contribution is -0.117. The van der Waals surface area contributed by atoms with E-state index in [1.807, 2.05) is 6.92 Å². The van der Waals surface area contributed by atoms with Gasteiger partial charge in [-0.1, -0.05) is 6.92 Å². The third-order valence-electron chi connectivity index (χ3n) is 3.76. The highest BCUT2D eigenvalue weighted by Gasteiger charge is 2.35. The van der Waals surface area contributed by atoms with Gasteiger partial charge in [0.15, 0.2) is 5.78 Å².